The molecule has 2 aliphatic heterocycles. The van der Waals surface area contributed by atoms with Gasteiger partial charge in [-0.3, -0.25) is 19.4 Å². The van der Waals surface area contributed by atoms with Crippen LogP contribution in [-0.2, 0) is 6.42 Å². The van der Waals surface area contributed by atoms with Gasteiger partial charge in [-0.05, 0) is 24.6 Å². The van der Waals surface area contributed by atoms with Crippen LogP contribution in [-0.4, -0.2) is 52.5 Å². The van der Waals surface area contributed by atoms with Crippen LogP contribution in [0.2, 0.25) is 0 Å². The Morgan fingerprint density at radius 3 is 2.72 bits per heavy atom. The highest BCUT2D eigenvalue weighted by atomic mass is 19.1. The van der Waals surface area contributed by atoms with E-state index in [9.17, 15) is 19.1 Å². The van der Waals surface area contributed by atoms with Crippen LogP contribution in [0.5, 0.6) is 0 Å². The molecule has 0 spiro atoms. The number of rotatable bonds is 2. The molecule has 1 saturated heterocycles. The van der Waals surface area contributed by atoms with E-state index in [0.717, 1.165) is 12.6 Å². The summed E-state index contributed by atoms with van der Waals surface area (Å²) in [6.07, 6.45) is 1.77. The molecule has 25 heavy (non-hydrogen) atoms. The van der Waals surface area contributed by atoms with Crippen LogP contribution in [0, 0.1) is 5.82 Å². The molecule has 0 aliphatic carbocycles. The van der Waals surface area contributed by atoms with Gasteiger partial charge in [0.25, 0.3) is 0 Å². The van der Waals surface area contributed by atoms with E-state index in [4.69, 9.17) is 5.73 Å². The first-order valence-corrected chi connectivity index (χ1v) is 8.15. The van der Waals surface area contributed by atoms with Crippen LogP contribution in [0.3, 0.4) is 0 Å². The van der Waals surface area contributed by atoms with Gasteiger partial charge in [-0.25, -0.2) is 9.18 Å². The highest BCUT2D eigenvalue weighted by Gasteiger charge is 2.41. The lowest BCUT2D eigenvalue weighted by Crippen LogP contribution is -2.70. The van der Waals surface area contributed by atoms with E-state index in [-0.39, 0.29) is 29.2 Å². The van der Waals surface area contributed by atoms with E-state index in [1.54, 1.807) is 4.68 Å². The second-order valence-corrected chi connectivity index (χ2v) is 6.84. The van der Waals surface area contributed by atoms with E-state index in [2.05, 4.69) is 4.90 Å². The van der Waals surface area contributed by atoms with Gasteiger partial charge in [-0.15, -0.1) is 0 Å². The molecule has 2 aliphatic rings. The minimum absolute atomic E-state index is 0.0866. The quantitative estimate of drug-likeness (QED) is 0.814. The van der Waals surface area contributed by atoms with Crippen molar-refractivity contribution in [3.63, 3.8) is 0 Å². The molecule has 1 fully saturated rings. The Balaban J connectivity index is 1.94. The van der Waals surface area contributed by atoms with Crippen molar-refractivity contribution in [1.82, 2.24) is 9.58 Å². The van der Waals surface area contributed by atoms with Crippen molar-refractivity contribution < 1.29 is 14.3 Å². The predicted octanol–water partition coefficient (Wildman–Crippen LogP) is 0.320. The smallest absolute Gasteiger partial charge is 0.341 e. The Hall–Kier alpha value is -2.45. The Morgan fingerprint density at radius 2 is 2.12 bits per heavy atom. The molecule has 8 heteroatoms. The van der Waals surface area contributed by atoms with Crippen molar-refractivity contribution >= 4 is 16.9 Å². The molecule has 3 atom stereocenters. The van der Waals surface area contributed by atoms with Crippen LogP contribution in [0.4, 0.5) is 4.39 Å². The fraction of sp³-hybridized carbons (Fsp3) is 0.412. The van der Waals surface area contributed by atoms with Crippen molar-refractivity contribution in [3.8, 4) is 0 Å². The van der Waals surface area contributed by atoms with Gasteiger partial charge in [0.2, 0.25) is 5.43 Å². The lowest BCUT2D eigenvalue weighted by molar-refractivity contribution is 0.0195. The van der Waals surface area contributed by atoms with Crippen molar-refractivity contribution in [1.29, 1.82) is 0 Å². The van der Waals surface area contributed by atoms with Crippen molar-refractivity contribution in [3.05, 3.63) is 45.5 Å². The van der Waals surface area contributed by atoms with Crippen molar-refractivity contribution in [2.45, 2.75) is 31.6 Å². The lowest BCUT2D eigenvalue weighted by atomic mass is 9.94. The maximum Gasteiger partial charge on any atom is 0.341 e. The maximum atomic E-state index is 14.1. The largest absolute Gasteiger partial charge is 0.477 e. The molecule has 3 unspecified atom stereocenters. The first kappa shape index (κ1) is 16.0. The summed E-state index contributed by atoms with van der Waals surface area (Å²) < 4.78 is 15.7. The normalized spacial score (nSPS) is 25.9. The number of halogens is 1. The molecule has 0 saturated carbocycles. The van der Waals surface area contributed by atoms with Gasteiger partial charge in [-0.2, -0.15) is 0 Å². The van der Waals surface area contributed by atoms with Crippen molar-refractivity contribution in [2.24, 2.45) is 5.73 Å². The van der Waals surface area contributed by atoms with Gasteiger partial charge < -0.3 is 10.8 Å². The lowest BCUT2D eigenvalue weighted by Gasteiger charge is -2.53. The number of likely N-dealkylation sites (N-methyl/N-ethyl adjacent to an activating group) is 1. The molecule has 1 aromatic carbocycles. The van der Waals surface area contributed by atoms with Crippen molar-refractivity contribution in [2.75, 3.05) is 18.6 Å². The number of hydrogen-bond donors (Lipinski definition) is 2. The molecule has 132 valence electrons. The zero-order chi connectivity index (χ0) is 18.0. The van der Waals surface area contributed by atoms with Gasteiger partial charge in [-0.1, -0.05) is 0 Å². The SMILES string of the molecule is CC1C(N)CN1C1Cc2cc(F)cc3c(=O)c(C(=O)O)cn(c23)N1C. The molecule has 0 amide bonds. The van der Waals surface area contributed by atoms with Crippen LogP contribution >= 0.6 is 0 Å². The summed E-state index contributed by atoms with van der Waals surface area (Å²) in [7, 11) is 1.84. The van der Waals surface area contributed by atoms with Gasteiger partial charge in [0.1, 0.15) is 17.5 Å². The number of aromatic nitrogens is 1. The van der Waals surface area contributed by atoms with Crippen LogP contribution < -0.4 is 16.2 Å². The van der Waals surface area contributed by atoms with Crippen LogP contribution in [0.25, 0.3) is 10.9 Å². The third-order valence-corrected chi connectivity index (χ3v) is 5.47. The Labute approximate surface area is 143 Å². The second kappa shape index (κ2) is 5.27. The number of carbonyl (C=O) groups is 1. The third-order valence-electron chi connectivity index (χ3n) is 5.47. The Bertz CT molecular complexity index is 957. The minimum Gasteiger partial charge on any atom is -0.477 e. The predicted molar refractivity (Wildman–Crippen MR) is 90.9 cm³/mol. The summed E-state index contributed by atoms with van der Waals surface area (Å²) in [5.41, 5.74) is 6.22. The molecule has 3 heterocycles. The van der Waals surface area contributed by atoms with E-state index >= 15 is 0 Å². The summed E-state index contributed by atoms with van der Waals surface area (Å²) in [6, 6.07) is 2.80. The third kappa shape index (κ3) is 2.17. The van der Waals surface area contributed by atoms with E-state index < -0.39 is 17.2 Å². The zero-order valence-corrected chi connectivity index (χ0v) is 13.9. The summed E-state index contributed by atoms with van der Waals surface area (Å²) in [5.74, 6) is -1.86. The number of carboxylic acid groups (broad SMARTS) is 1. The van der Waals surface area contributed by atoms with Crippen LogP contribution in [0.1, 0.15) is 22.8 Å². The fourth-order valence-corrected chi connectivity index (χ4v) is 3.91. The Kier molecular flexibility index (Phi) is 3.38. The fourth-order valence-electron chi connectivity index (χ4n) is 3.91. The van der Waals surface area contributed by atoms with Gasteiger partial charge in [0.15, 0.2) is 0 Å². The highest BCUT2D eigenvalue weighted by Crippen LogP contribution is 2.30. The van der Waals surface area contributed by atoms with Gasteiger partial charge >= 0.3 is 5.97 Å². The average Bonchev–Trinajstić information content (AvgIpc) is 2.56. The number of carboxylic acids is 1. The number of benzene rings is 1. The maximum absolute atomic E-state index is 14.1. The first-order valence-electron chi connectivity index (χ1n) is 8.15. The summed E-state index contributed by atoms with van der Waals surface area (Å²) >= 11 is 0. The number of nitrogens with two attached hydrogens (primary N) is 1. The molecular formula is C17H19FN4O3. The summed E-state index contributed by atoms with van der Waals surface area (Å²) in [5, 5.41) is 11.3. The molecular weight excluding hydrogens is 327 g/mol. The first-order chi connectivity index (χ1) is 11.8. The topological polar surface area (TPSA) is 91.8 Å². The van der Waals surface area contributed by atoms with E-state index in [0.29, 0.717) is 17.5 Å². The molecule has 0 bridgehead atoms. The molecule has 0 radical (unpaired) electrons. The zero-order valence-electron chi connectivity index (χ0n) is 13.9. The number of likely N-dealkylation sites (tertiary alicyclic amines) is 1. The number of nitrogens with zero attached hydrogens (tertiary/aromatic N) is 3. The standard InChI is InChI=1S/C17H19FN4O3/c1-8-13(19)7-21(8)14-4-9-3-10(18)5-11-15(9)22(20(14)2)6-12(16(11)23)17(24)25/h3,5-6,8,13-14H,4,7,19H2,1-2H3,(H,24,25). The minimum atomic E-state index is -1.32. The molecule has 4 rings (SSSR count). The number of hydrogen-bond acceptors (Lipinski definition) is 5. The average molecular weight is 346 g/mol. The van der Waals surface area contributed by atoms with E-state index in [1.165, 1.54) is 12.3 Å². The second-order valence-electron chi connectivity index (χ2n) is 6.84. The highest BCUT2D eigenvalue weighted by molar-refractivity contribution is 5.93. The number of aromatic carboxylic acids is 1. The van der Waals surface area contributed by atoms with Crippen LogP contribution in [0.15, 0.2) is 23.1 Å². The molecule has 7 nitrogen and oxygen atoms in total. The monoisotopic (exact) mass is 346 g/mol. The number of pyridine rings is 1. The molecule has 2 aromatic rings. The summed E-state index contributed by atoms with van der Waals surface area (Å²) in [6.45, 7) is 2.75. The van der Waals surface area contributed by atoms with E-state index in [1.807, 2.05) is 19.0 Å². The Morgan fingerprint density at radius 1 is 1.40 bits per heavy atom. The molecule has 1 aromatic heterocycles. The molecule has 3 N–H and O–H groups in total. The van der Waals surface area contributed by atoms with Gasteiger partial charge in [0, 0.05) is 38.3 Å². The summed E-state index contributed by atoms with van der Waals surface area (Å²) in [4.78, 5) is 26.1. The van der Waals surface area contributed by atoms with Gasteiger partial charge in [0.05, 0.1) is 10.9 Å².